The zero-order chi connectivity index (χ0) is 14.5. The second-order valence-corrected chi connectivity index (χ2v) is 3.86. The van der Waals surface area contributed by atoms with E-state index < -0.39 is 6.29 Å². The van der Waals surface area contributed by atoms with Crippen molar-refractivity contribution < 1.29 is 29.2 Å². The van der Waals surface area contributed by atoms with Crippen LogP contribution in [0.15, 0.2) is 30.3 Å². The molecule has 20 heavy (non-hydrogen) atoms. The van der Waals surface area contributed by atoms with Crippen LogP contribution in [-0.4, -0.2) is 62.8 Å². The molecule has 1 unspecified atom stereocenters. The predicted molar refractivity (Wildman–Crippen MR) is 72.6 cm³/mol. The predicted octanol–water partition coefficient (Wildman–Crippen LogP) is 0.426. The molecule has 1 rings (SSSR count). The molecule has 1 atom stereocenters. The molecule has 0 radical (unpaired) electrons. The molecule has 2 N–H and O–H groups in total. The minimum Gasteiger partial charge on any atom is -0.462 e. The lowest BCUT2D eigenvalue weighted by Gasteiger charge is -2.17. The van der Waals surface area contributed by atoms with Gasteiger partial charge in [-0.1, -0.05) is 18.2 Å². The number of para-hydroxylation sites is 1. The summed E-state index contributed by atoms with van der Waals surface area (Å²) < 4.78 is 21.1. The molecular formula is C14H22O6. The van der Waals surface area contributed by atoms with Crippen LogP contribution in [0.25, 0.3) is 0 Å². The molecular weight excluding hydrogens is 264 g/mol. The van der Waals surface area contributed by atoms with Crippen LogP contribution in [0.3, 0.4) is 0 Å². The molecule has 0 amide bonds. The maximum atomic E-state index is 9.15. The van der Waals surface area contributed by atoms with Crippen LogP contribution in [0.2, 0.25) is 0 Å². The van der Waals surface area contributed by atoms with Gasteiger partial charge < -0.3 is 29.2 Å². The van der Waals surface area contributed by atoms with E-state index in [2.05, 4.69) is 0 Å². The summed E-state index contributed by atoms with van der Waals surface area (Å²) in [5.74, 6) is 0.643. The first-order valence-corrected chi connectivity index (χ1v) is 6.57. The molecule has 1 aromatic rings. The number of benzene rings is 1. The second-order valence-electron chi connectivity index (χ2n) is 3.86. The van der Waals surface area contributed by atoms with Gasteiger partial charge in [0, 0.05) is 0 Å². The molecule has 0 saturated carbocycles. The molecule has 0 heterocycles. The van der Waals surface area contributed by atoms with Crippen LogP contribution < -0.4 is 4.74 Å². The highest BCUT2D eigenvalue weighted by molar-refractivity contribution is 5.20. The Morgan fingerprint density at radius 3 is 2.15 bits per heavy atom. The molecule has 0 aliphatic heterocycles. The van der Waals surface area contributed by atoms with Crippen LogP contribution in [0.4, 0.5) is 0 Å². The van der Waals surface area contributed by atoms with Gasteiger partial charge in [-0.25, -0.2) is 0 Å². The molecule has 0 saturated heterocycles. The maximum Gasteiger partial charge on any atom is 0.223 e. The SMILES string of the molecule is OCCOCCOCCOC(CO)Oc1ccccc1. The fraction of sp³-hybridized carbons (Fsp3) is 0.571. The van der Waals surface area contributed by atoms with Gasteiger partial charge in [0.15, 0.2) is 0 Å². The van der Waals surface area contributed by atoms with E-state index in [0.717, 1.165) is 0 Å². The van der Waals surface area contributed by atoms with Gasteiger partial charge in [0.05, 0.1) is 39.6 Å². The lowest BCUT2D eigenvalue weighted by molar-refractivity contribution is -0.119. The number of rotatable bonds is 12. The van der Waals surface area contributed by atoms with Crippen LogP contribution in [0.5, 0.6) is 5.75 Å². The molecule has 6 nitrogen and oxygen atoms in total. The molecule has 0 aliphatic carbocycles. The fourth-order valence-electron chi connectivity index (χ4n) is 1.40. The van der Waals surface area contributed by atoms with Gasteiger partial charge in [0.25, 0.3) is 0 Å². The maximum absolute atomic E-state index is 9.15. The van der Waals surface area contributed by atoms with E-state index in [1.807, 2.05) is 18.2 Å². The Hall–Kier alpha value is -1.18. The van der Waals surface area contributed by atoms with Crippen molar-refractivity contribution in [3.8, 4) is 5.75 Å². The normalized spacial score (nSPS) is 12.3. The average Bonchev–Trinajstić information content (AvgIpc) is 2.49. The Kier molecular flexibility index (Phi) is 9.81. The van der Waals surface area contributed by atoms with Gasteiger partial charge in [-0.2, -0.15) is 0 Å². The first-order chi connectivity index (χ1) is 9.86. The summed E-state index contributed by atoms with van der Waals surface area (Å²) in [6.07, 6.45) is -0.702. The van der Waals surface area contributed by atoms with E-state index in [1.165, 1.54) is 0 Å². The number of hydrogen-bond donors (Lipinski definition) is 2. The van der Waals surface area contributed by atoms with Crippen molar-refractivity contribution in [1.29, 1.82) is 0 Å². The zero-order valence-corrected chi connectivity index (χ0v) is 11.4. The molecule has 1 aromatic carbocycles. The van der Waals surface area contributed by atoms with E-state index >= 15 is 0 Å². The first-order valence-electron chi connectivity index (χ1n) is 6.57. The third kappa shape index (κ3) is 8.08. The first kappa shape index (κ1) is 16.9. The van der Waals surface area contributed by atoms with Crippen molar-refractivity contribution in [2.75, 3.05) is 46.2 Å². The van der Waals surface area contributed by atoms with Crippen LogP contribution in [0, 0.1) is 0 Å². The van der Waals surface area contributed by atoms with Gasteiger partial charge in [0.2, 0.25) is 6.29 Å². The minimum absolute atomic E-state index is 0.0120. The number of ether oxygens (including phenoxy) is 4. The largest absolute Gasteiger partial charge is 0.462 e. The summed E-state index contributed by atoms with van der Waals surface area (Å²) >= 11 is 0. The Morgan fingerprint density at radius 1 is 0.850 bits per heavy atom. The van der Waals surface area contributed by atoms with E-state index in [9.17, 15) is 0 Å². The van der Waals surface area contributed by atoms with Crippen LogP contribution in [-0.2, 0) is 14.2 Å². The molecule has 114 valence electrons. The van der Waals surface area contributed by atoms with Gasteiger partial charge in [-0.05, 0) is 12.1 Å². The molecule has 0 spiro atoms. The highest BCUT2D eigenvalue weighted by Crippen LogP contribution is 2.11. The highest BCUT2D eigenvalue weighted by Gasteiger charge is 2.08. The van der Waals surface area contributed by atoms with Crippen molar-refractivity contribution in [1.82, 2.24) is 0 Å². The summed E-state index contributed by atoms with van der Waals surface area (Å²) in [5.41, 5.74) is 0. The average molecular weight is 286 g/mol. The highest BCUT2D eigenvalue weighted by atomic mass is 16.7. The summed E-state index contributed by atoms with van der Waals surface area (Å²) in [6, 6.07) is 9.16. The van der Waals surface area contributed by atoms with Crippen LogP contribution in [0.1, 0.15) is 0 Å². The molecule has 0 aliphatic rings. The van der Waals surface area contributed by atoms with E-state index in [4.69, 9.17) is 29.2 Å². The van der Waals surface area contributed by atoms with Crippen molar-refractivity contribution in [3.63, 3.8) is 0 Å². The topological polar surface area (TPSA) is 77.4 Å². The van der Waals surface area contributed by atoms with Gasteiger partial charge >= 0.3 is 0 Å². The summed E-state index contributed by atoms with van der Waals surface area (Å²) in [6.45, 7) is 1.68. The van der Waals surface area contributed by atoms with E-state index in [-0.39, 0.29) is 13.2 Å². The Morgan fingerprint density at radius 2 is 1.50 bits per heavy atom. The van der Waals surface area contributed by atoms with Crippen molar-refractivity contribution in [2.24, 2.45) is 0 Å². The lowest BCUT2D eigenvalue weighted by atomic mass is 10.3. The van der Waals surface area contributed by atoms with Gasteiger partial charge in [0.1, 0.15) is 12.4 Å². The van der Waals surface area contributed by atoms with Crippen LogP contribution >= 0.6 is 0 Å². The monoisotopic (exact) mass is 286 g/mol. The summed E-state index contributed by atoms with van der Waals surface area (Å²) in [4.78, 5) is 0. The Labute approximate surface area is 118 Å². The van der Waals surface area contributed by atoms with Crippen molar-refractivity contribution in [2.45, 2.75) is 6.29 Å². The van der Waals surface area contributed by atoms with Crippen molar-refractivity contribution >= 4 is 0 Å². The quantitative estimate of drug-likeness (QED) is 0.428. The fourth-order valence-corrected chi connectivity index (χ4v) is 1.40. The van der Waals surface area contributed by atoms with E-state index in [0.29, 0.717) is 38.8 Å². The smallest absolute Gasteiger partial charge is 0.223 e. The summed E-state index contributed by atoms with van der Waals surface area (Å²) in [7, 11) is 0. The molecule has 6 heteroatoms. The van der Waals surface area contributed by atoms with E-state index in [1.54, 1.807) is 12.1 Å². The summed E-state index contributed by atoms with van der Waals surface area (Å²) in [5, 5.41) is 17.6. The number of aliphatic hydroxyl groups is 2. The number of aliphatic hydroxyl groups excluding tert-OH is 2. The minimum atomic E-state index is -0.702. The van der Waals surface area contributed by atoms with Crippen molar-refractivity contribution in [3.05, 3.63) is 30.3 Å². The lowest BCUT2D eigenvalue weighted by Crippen LogP contribution is -2.26. The third-order valence-corrected chi connectivity index (χ3v) is 2.30. The molecule has 0 fully saturated rings. The Bertz CT molecular complexity index is 319. The molecule has 0 aromatic heterocycles. The third-order valence-electron chi connectivity index (χ3n) is 2.30. The van der Waals surface area contributed by atoms with Gasteiger partial charge in [-0.3, -0.25) is 0 Å². The van der Waals surface area contributed by atoms with Gasteiger partial charge in [-0.15, -0.1) is 0 Å². The standard InChI is InChI=1S/C14H22O6/c15-6-7-17-8-9-18-10-11-19-14(12-16)20-13-4-2-1-3-5-13/h1-5,14-16H,6-12H2. The molecule has 0 bridgehead atoms. The zero-order valence-electron chi connectivity index (χ0n) is 11.4. The number of hydrogen-bond acceptors (Lipinski definition) is 6. The second kappa shape index (κ2) is 11.6. The Balaban J connectivity index is 2.04.